The molecule has 4 fully saturated rings. The quantitative estimate of drug-likeness (QED) is 0.0757. The maximum absolute atomic E-state index is 14.0. The summed E-state index contributed by atoms with van der Waals surface area (Å²) in [5, 5.41) is 16.1. The number of H-pyrrole nitrogens is 1. The third kappa shape index (κ3) is 9.78. The van der Waals surface area contributed by atoms with Crippen LogP contribution in [-0.4, -0.2) is 71.3 Å². The van der Waals surface area contributed by atoms with Gasteiger partial charge in [0.05, 0.1) is 22.9 Å². The van der Waals surface area contributed by atoms with Gasteiger partial charge in [-0.3, -0.25) is 19.8 Å². The maximum atomic E-state index is 14.0. The van der Waals surface area contributed by atoms with Gasteiger partial charge < -0.3 is 19.9 Å². The molecule has 2 aliphatic heterocycles. The van der Waals surface area contributed by atoms with Crippen molar-refractivity contribution < 1.29 is 22.9 Å². The zero-order valence-corrected chi connectivity index (χ0v) is 39.5. The highest BCUT2D eigenvalue weighted by molar-refractivity contribution is 7.90. The lowest BCUT2D eigenvalue weighted by molar-refractivity contribution is -0.384. The summed E-state index contributed by atoms with van der Waals surface area (Å²) in [5.74, 6) is 0.414. The number of nitro groups is 1. The highest BCUT2D eigenvalue weighted by Gasteiger charge is 2.42. The molecule has 0 unspecified atom stereocenters. The molecule has 2 aromatic carbocycles. The molecule has 1 spiro atoms. The van der Waals surface area contributed by atoms with Crippen LogP contribution in [0, 0.1) is 26.9 Å². The lowest BCUT2D eigenvalue weighted by Gasteiger charge is -2.48. The molecule has 2 saturated heterocycles. The van der Waals surface area contributed by atoms with Gasteiger partial charge in [0.15, 0.2) is 0 Å². The van der Waals surface area contributed by atoms with Crippen LogP contribution in [-0.2, 0) is 10.0 Å². The minimum absolute atomic E-state index is 0.00932. The average Bonchev–Trinajstić information content (AvgIpc) is 3.99. The molecule has 0 radical (unpaired) electrons. The zero-order chi connectivity index (χ0) is 46.2. The van der Waals surface area contributed by atoms with Crippen LogP contribution in [0.1, 0.15) is 138 Å². The van der Waals surface area contributed by atoms with Gasteiger partial charge in [0.1, 0.15) is 22.0 Å². The number of hydrogen-bond acceptors (Lipinski definition) is 11. The number of likely N-dealkylation sites (tertiary alicyclic amines) is 1. The Morgan fingerprint density at radius 1 is 0.924 bits per heavy atom. The highest BCUT2D eigenvalue weighted by Crippen LogP contribution is 2.49. The van der Waals surface area contributed by atoms with Crippen LogP contribution in [0.4, 0.5) is 17.2 Å². The van der Waals surface area contributed by atoms with Crippen molar-refractivity contribution in [2.45, 2.75) is 128 Å². The molecule has 14 nitrogen and oxygen atoms in total. The number of benzene rings is 2. The molecular weight excluding hydrogens is 853 g/mol. The maximum Gasteiger partial charge on any atom is 0.312 e. The van der Waals surface area contributed by atoms with Crippen LogP contribution in [0.3, 0.4) is 0 Å². The number of hydrogen-bond donors (Lipinski definition) is 3. The first-order chi connectivity index (χ1) is 31.7. The summed E-state index contributed by atoms with van der Waals surface area (Å²) in [6.07, 6.45) is 18.0. The van der Waals surface area contributed by atoms with E-state index in [9.17, 15) is 23.3 Å². The molecule has 3 aromatic heterocycles. The van der Waals surface area contributed by atoms with Crippen LogP contribution >= 0.6 is 0 Å². The van der Waals surface area contributed by atoms with Crippen molar-refractivity contribution in [1.82, 2.24) is 24.6 Å². The molecule has 2 aliphatic carbocycles. The molecule has 1 atom stereocenters. The Morgan fingerprint density at radius 2 is 1.68 bits per heavy atom. The Morgan fingerprint density at radius 3 is 2.42 bits per heavy atom. The highest BCUT2D eigenvalue weighted by atomic mass is 32.2. The summed E-state index contributed by atoms with van der Waals surface area (Å²) in [6, 6.07) is 20.0. The van der Waals surface area contributed by atoms with Crippen LogP contribution in [0.15, 0.2) is 84.1 Å². The fraction of sp³-hybridized carbons (Fsp3) is 0.510. The first-order valence-corrected chi connectivity index (χ1v) is 25.4. The SMILES string of the molecule is CC(C)c1ccccc1[C@@H]1CCCN1C1CCC2(CC1)CCN(c1ccc(C(=O)NS(=O)(=O)c3cnc(NCC4CCC(C)(C)CC4)c([N+](=O)[O-])c3)c(Oc3cnc4[nH]ccc4c3)c1)CC2. The monoisotopic (exact) mass is 916 g/mol. The van der Waals surface area contributed by atoms with E-state index in [0.717, 1.165) is 75.0 Å². The number of ether oxygens (including phenoxy) is 1. The molecule has 350 valence electrons. The lowest BCUT2D eigenvalue weighted by Crippen LogP contribution is -2.45. The number of sulfonamides is 1. The van der Waals surface area contributed by atoms with Crippen molar-refractivity contribution in [1.29, 1.82) is 0 Å². The van der Waals surface area contributed by atoms with Crippen molar-refractivity contribution in [3.05, 3.63) is 106 Å². The lowest BCUT2D eigenvalue weighted by atomic mass is 9.66. The second kappa shape index (κ2) is 18.6. The van der Waals surface area contributed by atoms with Gasteiger partial charge in [0, 0.05) is 61.1 Å². The number of piperidine rings is 1. The van der Waals surface area contributed by atoms with E-state index in [0.29, 0.717) is 47.3 Å². The minimum atomic E-state index is -4.60. The predicted molar refractivity (Wildman–Crippen MR) is 258 cm³/mol. The minimum Gasteiger partial charge on any atom is -0.455 e. The molecule has 4 aliphatic rings. The second-order valence-electron chi connectivity index (χ2n) is 20.5. The first-order valence-electron chi connectivity index (χ1n) is 24.0. The van der Waals surface area contributed by atoms with Crippen molar-refractivity contribution >= 4 is 44.2 Å². The van der Waals surface area contributed by atoms with Crippen LogP contribution in [0.25, 0.3) is 11.0 Å². The molecule has 1 amide bonds. The third-order valence-corrected chi connectivity index (χ3v) is 16.6. The molecule has 3 N–H and O–H groups in total. The number of amides is 1. The van der Waals surface area contributed by atoms with Gasteiger partial charge in [-0.1, -0.05) is 52.0 Å². The molecule has 9 rings (SSSR count). The Hall–Kier alpha value is -5.54. The third-order valence-electron chi connectivity index (χ3n) is 15.4. The van der Waals surface area contributed by atoms with Gasteiger partial charge in [0.25, 0.3) is 15.9 Å². The molecule has 0 bridgehead atoms. The Kier molecular flexibility index (Phi) is 12.9. The van der Waals surface area contributed by atoms with Crippen molar-refractivity contribution in [3.8, 4) is 11.5 Å². The van der Waals surface area contributed by atoms with E-state index >= 15 is 0 Å². The molecule has 66 heavy (non-hydrogen) atoms. The van der Waals surface area contributed by atoms with Gasteiger partial charge >= 0.3 is 5.69 Å². The summed E-state index contributed by atoms with van der Waals surface area (Å²) < 4.78 is 36.0. The van der Waals surface area contributed by atoms with Gasteiger partial charge in [-0.15, -0.1) is 0 Å². The summed E-state index contributed by atoms with van der Waals surface area (Å²) in [6.45, 7) is 12.5. The number of rotatable bonds is 13. The zero-order valence-electron chi connectivity index (χ0n) is 38.7. The Balaban J connectivity index is 0.887. The summed E-state index contributed by atoms with van der Waals surface area (Å²) in [7, 11) is -4.60. The van der Waals surface area contributed by atoms with Crippen molar-refractivity contribution in [3.63, 3.8) is 0 Å². The van der Waals surface area contributed by atoms with Crippen molar-refractivity contribution in [2.24, 2.45) is 16.7 Å². The van der Waals surface area contributed by atoms with Gasteiger partial charge in [-0.05, 0) is 142 Å². The molecular formula is C51H64N8O6S. The Bertz CT molecular complexity index is 2670. The summed E-state index contributed by atoms with van der Waals surface area (Å²) in [5.41, 5.74) is 4.62. The second-order valence-corrected chi connectivity index (χ2v) is 22.2. The fourth-order valence-corrected chi connectivity index (χ4v) is 12.2. The van der Waals surface area contributed by atoms with E-state index in [1.807, 2.05) is 12.1 Å². The van der Waals surface area contributed by atoms with E-state index in [1.54, 1.807) is 30.6 Å². The van der Waals surface area contributed by atoms with Gasteiger partial charge in [-0.2, -0.15) is 0 Å². The molecule has 15 heteroatoms. The predicted octanol–water partition coefficient (Wildman–Crippen LogP) is 10.9. The number of aromatic nitrogens is 3. The number of carbonyl (C=O) groups excluding carboxylic acids is 1. The smallest absolute Gasteiger partial charge is 0.312 e. The average molecular weight is 917 g/mol. The molecule has 5 aromatic rings. The topological polar surface area (TPSA) is 176 Å². The van der Waals surface area contributed by atoms with Crippen LogP contribution in [0.5, 0.6) is 11.5 Å². The number of carbonyl (C=O) groups is 1. The van der Waals surface area contributed by atoms with E-state index in [4.69, 9.17) is 4.74 Å². The van der Waals surface area contributed by atoms with E-state index < -0.39 is 31.4 Å². The Labute approximate surface area is 388 Å². The van der Waals surface area contributed by atoms with Crippen LogP contribution in [0.2, 0.25) is 0 Å². The number of nitrogens with zero attached hydrogens (tertiary/aromatic N) is 5. The molecule has 5 heterocycles. The van der Waals surface area contributed by atoms with Crippen molar-refractivity contribution in [2.75, 3.05) is 36.4 Å². The standard InChI is InChI=1S/C51H64N8O6S/c1-34(2)41-8-5-6-9-42(41)44-10-7-25-58(44)37-15-20-51(21-16-37)22-26-57(27-23-51)38-11-12-43(46(29-38)65-39-28-36-17-24-52-47(36)54-32-39)49(60)56-66(63,64)40-30-45(59(61)62)48(55-33-40)53-31-35-13-18-50(3,4)19-14-35/h5-6,8-9,11-12,17,24,28-30,32-35,37,44H,7,10,13-16,18-23,25-27,31H2,1-4H3,(H,52,54)(H,53,55)(H,56,60)/t44-/m0/s1. The number of fused-ring (bicyclic) bond motifs is 1. The van der Waals surface area contributed by atoms with E-state index in [1.165, 1.54) is 56.2 Å². The van der Waals surface area contributed by atoms with Gasteiger partial charge in [0.2, 0.25) is 5.82 Å². The molecule has 2 saturated carbocycles. The fourth-order valence-electron chi connectivity index (χ4n) is 11.3. The number of nitrogens with one attached hydrogen (secondary N) is 3. The van der Waals surface area contributed by atoms with Gasteiger partial charge in [-0.25, -0.2) is 23.1 Å². The normalized spacial score (nSPS) is 20.5. The number of aromatic amines is 1. The number of pyridine rings is 2. The first kappa shape index (κ1) is 45.6. The summed E-state index contributed by atoms with van der Waals surface area (Å²) in [4.78, 5) is 41.9. The summed E-state index contributed by atoms with van der Waals surface area (Å²) >= 11 is 0. The van der Waals surface area contributed by atoms with E-state index in [-0.39, 0.29) is 22.5 Å². The van der Waals surface area contributed by atoms with Crippen LogP contribution < -0.4 is 19.7 Å². The van der Waals surface area contributed by atoms with E-state index in [2.05, 4.69) is 86.8 Å². The number of anilines is 2. The largest absolute Gasteiger partial charge is 0.455 e.